The van der Waals surface area contributed by atoms with Crippen LogP contribution >= 0.6 is 0 Å². The number of amidine groups is 2. The molecular formula is C25H24N8. The minimum atomic E-state index is 0.690. The molecule has 1 aliphatic heterocycles. The van der Waals surface area contributed by atoms with Crippen LogP contribution in [-0.2, 0) is 0 Å². The first-order valence-corrected chi connectivity index (χ1v) is 10.7. The molecule has 2 aromatic carbocycles. The number of nitrogens with zero attached hydrogens (tertiary/aromatic N) is 4. The second-order valence-electron chi connectivity index (χ2n) is 7.70. The monoisotopic (exact) mass is 436 g/mol. The van der Waals surface area contributed by atoms with Gasteiger partial charge in [0.1, 0.15) is 5.84 Å². The van der Waals surface area contributed by atoms with Crippen molar-refractivity contribution in [2.75, 3.05) is 18.9 Å². The molecule has 4 aromatic rings. The molecule has 0 atom stereocenters. The molecular weight excluding hydrogens is 412 g/mol. The molecule has 0 fully saturated rings. The molecule has 0 saturated heterocycles. The first-order chi connectivity index (χ1) is 16.2. The van der Waals surface area contributed by atoms with Gasteiger partial charge in [0, 0.05) is 77.6 Å². The van der Waals surface area contributed by atoms with Gasteiger partial charge in [-0.1, -0.05) is 24.3 Å². The molecule has 0 radical (unpaired) electrons. The number of aromatic nitrogens is 3. The van der Waals surface area contributed by atoms with Crippen LogP contribution in [-0.4, -0.2) is 46.7 Å². The van der Waals surface area contributed by atoms with Crippen LogP contribution in [0.3, 0.4) is 0 Å². The number of nitrogens with two attached hydrogens (primary N) is 1. The number of benzene rings is 2. The average molecular weight is 437 g/mol. The lowest BCUT2D eigenvalue weighted by molar-refractivity contribution is 1.01. The van der Waals surface area contributed by atoms with Gasteiger partial charge in [-0.25, -0.2) is 4.99 Å². The highest BCUT2D eigenvalue weighted by Gasteiger charge is 2.13. The van der Waals surface area contributed by atoms with E-state index in [-0.39, 0.29) is 0 Å². The molecule has 0 aliphatic carbocycles. The van der Waals surface area contributed by atoms with Gasteiger partial charge in [0.2, 0.25) is 0 Å². The Morgan fingerprint density at radius 2 is 1.94 bits per heavy atom. The maximum atomic E-state index is 5.75. The lowest BCUT2D eigenvalue weighted by Gasteiger charge is -2.15. The molecule has 33 heavy (non-hydrogen) atoms. The average Bonchev–Trinajstić information content (AvgIpc) is 3.53. The van der Waals surface area contributed by atoms with Gasteiger partial charge in [-0.2, -0.15) is 5.10 Å². The molecule has 0 saturated carbocycles. The topological polar surface area (TPSA) is 120 Å². The van der Waals surface area contributed by atoms with Gasteiger partial charge in [-0.15, -0.1) is 0 Å². The summed E-state index contributed by atoms with van der Waals surface area (Å²) < 4.78 is 0. The Hall–Kier alpha value is -4.46. The van der Waals surface area contributed by atoms with Crippen molar-refractivity contribution < 1.29 is 0 Å². The smallest absolute Gasteiger partial charge is 0.156 e. The third-order valence-electron chi connectivity index (χ3n) is 5.50. The van der Waals surface area contributed by atoms with Crippen molar-refractivity contribution in [3.63, 3.8) is 0 Å². The minimum absolute atomic E-state index is 0.690. The Balaban J connectivity index is 1.36. The number of hydrogen-bond acceptors (Lipinski definition) is 6. The van der Waals surface area contributed by atoms with E-state index < -0.39 is 0 Å². The van der Waals surface area contributed by atoms with E-state index in [9.17, 15) is 0 Å². The van der Waals surface area contributed by atoms with Gasteiger partial charge in [-0.05, 0) is 29.8 Å². The van der Waals surface area contributed by atoms with Crippen LogP contribution in [0.15, 0.2) is 82.1 Å². The SMILES string of the molecule is CN=CC(=CN)c1cc2ccc(C3=NCCC(Nc4ccc(-c5cn[nH]c5)cc4)=N3)cc2[nH]1. The van der Waals surface area contributed by atoms with E-state index in [0.717, 1.165) is 62.6 Å². The van der Waals surface area contributed by atoms with E-state index in [0.29, 0.717) is 6.54 Å². The number of allylic oxidation sites excluding steroid dienone is 1. The summed E-state index contributed by atoms with van der Waals surface area (Å²) in [7, 11) is 1.73. The molecule has 2 aromatic heterocycles. The first kappa shape index (κ1) is 20.4. The highest BCUT2D eigenvalue weighted by atomic mass is 15.1. The molecule has 0 spiro atoms. The van der Waals surface area contributed by atoms with E-state index >= 15 is 0 Å². The summed E-state index contributed by atoms with van der Waals surface area (Å²) in [5.74, 6) is 1.62. The Morgan fingerprint density at radius 3 is 2.70 bits per heavy atom. The number of H-pyrrole nitrogens is 2. The summed E-state index contributed by atoms with van der Waals surface area (Å²) in [5.41, 5.74) is 12.6. The summed E-state index contributed by atoms with van der Waals surface area (Å²) in [4.78, 5) is 16.9. The lowest BCUT2D eigenvalue weighted by atomic mass is 10.1. The summed E-state index contributed by atoms with van der Waals surface area (Å²) in [6, 6.07) is 16.5. The van der Waals surface area contributed by atoms with Gasteiger partial charge in [0.25, 0.3) is 0 Å². The summed E-state index contributed by atoms with van der Waals surface area (Å²) in [6.45, 7) is 0.690. The molecule has 164 valence electrons. The number of fused-ring (bicyclic) bond motifs is 1. The van der Waals surface area contributed by atoms with Gasteiger partial charge in [-0.3, -0.25) is 15.1 Å². The van der Waals surface area contributed by atoms with Gasteiger partial charge < -0.3 is 16.0 Å². The molecule has 8 nitrogen and oxygen atoms in total. The van der Waals surface area contributed by atoms with Crippen LogP contribution in [0.5, 0.6) is 0 Å². The fourth-order valence-corrected chi connectivity index (χ4v) is 3.82. The molecule has 0 bridgehead atoms. The third kappa shape index (κ3) is 4.31. The number of hydrogen-bond donors (Lipinski definition) is 4. The number of anilines is 1. The molecule has 5 rings (SSSR count). The van der Waals surface area contributed by atoms with Crippen molar-refractivity contribution >= 4 is 40.0 Å². The van der Waals surface area contributed by atoms with Gasteiger partial charge >= 0.3 is 0 Å². The van der Waals surface area contributed by atoms with Crippen molar-refractivity contribution in [2.24, 2.45) is 20.7 Å². The van der Waals surface area contributed by atoms with Crippen LogP contribution < -0.4 is 11.1 Å². The predicted molar refractivity (Wildman–Crippen MR) is 136 cm³/mol. The van der Waals surface area contributed by atoms with Gasteiger partial charge in [0.15, 0.2) is 5.84 Å². The maximum Gasteiger partial charge on any atom is 0.156 e. The highest BCUT2D eigenvalue weighted by molar-refractivity contribution is 6.13. The summed E-state index contributed by atoms with van der Waals surface area (Å²) >= 11 is 0. The predicted octanol–water partition coefficient (Wildman–Crippen LogP) is 4.22. The summed E-state index contributed by atoms with van der Waals surface area (Å²) in [6.07, 6.45) is 7.74. The minimum Gasteiger partial charge on any atom is -0.404 e. The van der Waals surface area contributed by atoms with E-state index in [2.05, 4.69) is 60.8 Å². The van der Waals surface area contributed by atoms with Crippen molar-refractivity contribution in [1.82, 2.24) is 15.2 Å². The van der Waals surface area contributed by atoms with Crippen molar-refractivity contribution in [3.8, 4) is 11.1 Å². The lowest BCUT2D eigenvalue weighted by Crippen LogP contribution is -2.20. The van der Waals surface area contributed by atoms with Crippen molar-refractivity contribution in [1.29, 1.82) is 0 Å². The zero-order valence-electron chi connectivity index (χ0n) is 18.2. The highest BCUT2D eigenvalue weighted by Crippen LogP contribution is 2.23. The Labute approximate surface area is 191 Å². The maximum absolute atomic E-state index is 5.75. The normalized spacial score (nSPS) is 14.5. The first-order valence-electron chi connectivity index (χ1n) is 10.7. The zero-order chi connectivity index (χ0) is 22.6. The van der Waals surface area contributed by atoms with Crippen LogP contribution in [0.4, 0.5) is 5.69 Å². The van der Waals surface area contributed by atoms with E-state index in [1.54, 1.807) is 19.5 Å². The Kier molecular flexibility index (Phi) is 5.55. The van der Waals surface area contributed by atoms with Crippen molar-refractivity contribution in [3.05, 3.63) is 78.4 Å². The zero-order valence-corrected chi connectivity index (χ0v) is 18.2. The van der Waals surface area contributed by atoms with Crippen LogP contribution in [0, 0.1) is 0 Å². The van der Waals surface area contributed by atoms with Crippen LogP contribution in [0.2, 0.25) is 0 Å². The van der Waals surface area contributed by atoms with E-state index in [1.807, 2.05) is 30.6 Å². The fourth-order valence-electron chi connectivity index (χ4n) is 3.82. The number of aliphatic imine (C=N–C) groups is 3. The fraction of sp³-hybridized carbons (Fsp3) is 0.120. The molecule has 3 heterocycles. The Bertz CT molecular complexity index is 1390. The van der Waals surface area contributed by atoms with Crippen LogP contribution in [0.25, 0.3) is 27.6 Å². The molecule has 0 unspecified atom stereocenters. The third-order valence-corrected chi connectivity index (χ3v) is 5.50. The quantitative estimate of drug-likeness (QED) is 0.351. The molecule has 1 aliphatic rings. The second-order valence-corrected chi connectivity index (χ2v) is 7.70. The molecule has 8 heteroatoms. The second kappa shape index (κ2) is 8.96. The van der Waals surface area contributed by atoms with Crippen LogP contribution in [0.1, 0.15) is 17.7 Å². The molecule has 5 N–H and O–H groups in total. The van der Waals surface area contributed by atoms with Gasteiger partial charge in [0.05, 0.1) is 6.20 Å². The largest absolute Gasteiger partial charge is 0.404 e. The summed E-state index contributed by atoms with van der Waals surface area (Å²) in [5, 5.41) is 11.4. The number of rotatable bonds is 5. The number of nitrogens with one attached hydrogen (secondary N) is 3. The molecule has 0 amide bonds. The number of aromatic amines is 2. The van der Waals surface area contributed by atoms with E-state index in [4.69, 9.17) is 10.7 Å². The van der Waals surface area contributed by atoms with E-state index in [1.165, 1.54) is 0 Å². The van der Waals surface area contributed by atoms with Crippen molar-refractivity contribution in [2.45, 2.75) is 6.42 Å². The standard InChI is InChI=1S/C25H24N8/c1-27-13-19(12-26)23-10-17-2-3-18(11-22(17)32-23)25-28-9-8-24(33-25)31-21-6-4-16(5-7-21)20-14-29-30-15-20/h2-7,10-15,32H,8-9,26H2,1H3,(H,29,30)(H,28,31,33). The Morgan fingerprint density at radius 1 is 1.09 bits per heavy atom.